The van der Waals surface area contributed by atoms with E-state index in [0.717, 1.165) is 30.0 Å². The number of nitrogens with one attached hydrogen (secondary N) is 1. The van der Waals surface area contributed by atoms with E-state index in [1.165, 1.54) is 18.4 Å². The molecule has 1 aliphatic rings. The van der Waals surface area contributed by atoms with Crippen LogP contribution in [0.5, 0.6) is 0 Å². The van der Waals surface area contributed by atoms with Crippen LogP contribution >= 0.6 is 0 Å². The van der Waals surface area contributed by atoms with E-state index >= 15 is 0 Å². The van der Waals surface area contributed by atoms with Crippen LogP contribution in [-0.4, -0.2) is 17.2 Å². The van der Waals surface area contributed by atoms with E-state index in [0.29, 0.717) is 6.04 Å². The number of hydrogen-bond donors (Lipinski definition) is 1. The highest BCUT2D eigenvalue weighted by molar-refractivity contribution is 5.81. The SMILES string of the molecule is CC(NCCn1ccc2cc(C#N)ccc21)C1CC1. The number of nitrogens with zero attached hydrogens (tertiary/aromatic N) is 2. The van der Waals surface area contributed by atoms with Crippen LogP contribution in [0.4, 0.5) is 0 Å². The van der Waals surface area contributed by atoms with Crippen molar-refractivity contribution < 1.29 is 0 Å². The highest BCUT2D eigenvalue weighted by Crippen LogP contribution is 2.32. The molecule has 1 heterocycles. The summed E-state index contributed by atoms with van der Waals surface area (Å²) < 4.78 is 2.25. The van der Waals surface area contributed by atoms with Crippen LogP contribution in [0.2, 0.25) is 0 Å². The first-order chi connectivity index (χ1) is 9.28. The molecule has 0 spiro atoms. The quantitative estimate of drug-likeness (QED) is 0.890. The van der Waals surface area contributed by atoms with Gasteiger partial charge in [-0.1, -0.05) is 0 Å². The monoisotopic (exact) mass is 253 g/mol. The predicted octanol–water partition coefficient (Wildman–Crippen LogP) is 2.90. The molecule has 0 amide bonds. The summed E-state index contributed by atoms with van der Waals surface area (Å²) in [5.74, 6) is 0.902. The second-order valence-corrected chi connectivity index (χ2v) is 5.47. The number of nitriles is 1. The summed E-state index contributed by atoms with van der Waals surface area (Å²) in [7, 11) is 0. The molecule has 0 bridgehead atoms. The number of hydrogen-bond acceptors (Lipinski definition) is 2. The molecule has 0 aliphatic heterocycles. The molecule has 3 rings (SSSR count). The molecular weight excluding hydrogens is 234 g/mol. The topological polar surface area (TPSA) is 40.8 Å². The Bertz CT molecular complexity index is 616. The van der Waals surface area contributed by atoms with E-state index in [4.69, 9.17) is 5.26 Å². The van der Waals surface area contributed by atoms with Crippen molar-refractivity contribution in [3.63, 3.8) is 0 Å². The van der Waals surface area contributed by atoms with Crippen molar-refractivity contribution in [2.24, 2.45) is 5.92 Å². The zero-order chi connectivity index (χ0) is 13.2. The fourth-order valence-corrected chi connectivity index (χ4v) is 2.64. The average molecular weight is 253 g/mol. The van der Waals surface area contributed by atoms with Gasteiger partial charge in [-0.25, -0.2) is 0 Å². The summed E-state index contributed by atoms with van der Waals surface area (Å²) >= 11 is 0. The molecule has 2 aromatic rings. The Morgan fingerprint density at radius 1 is 1.42 bits per heavy atom. The van der Waals surface area contributed by atoms with Gasteiger partial charge < -0.3 is 9.88 Å². The Balaban J connectivity index is 1.66. The molecule has 1 aromatic carbocycles. The van der Waals surface area contributed by atoms with Crippen molar-refractivity contribution in [2.75, 3.05) is 6.54 Å². The van der Waals surface area contributed by atoms with Gasteiger partial charge in [0, 0.05) is 36.2 Å². The third-order valence-corrected chi connectivity index (χ3v) is 4.05. The molecule has 19 heavy (non-hydrogen) atoms. The molecule has 0 radical (unpaired) electrons. The lowest BCUT2D eigenvalue weighted by Crippen LogP contribution is -2.30. The first-order valence-corrected chi connectivity index (χ1v) is 7.00. The lowest BCUT2D eigenvalue weighted by atomic mass is 10.2. The van der Waals surface area contributed by atoms with Gasteiger partial charge in [0.2, 0.25) is 0 Å². The number of benzene rings is 1. The Morgan fingerprint density at radius 2 is 2.26 bits per heavy atom. The average Bonchev–Trinajstić information content (AvgIpc) is 3.21. The van der Waals surface area contributed by atoms with Gasteiger partial charge in [0.15, 0.2) is 0 Å². The summed E-state index contributed by atoms with van der Waals surface area (Å²) in [5.41, 5.74) is 1.94. The third kappa shape index (κ3) is 2.64. The molecule has 1 aliphatic carbocycles. The smallest absolute Gasteiger partial charge is 0.0991 e. The molecule has 1 N–H and O–H groups in total. The second kappa shape index (κ2) is 5.07. The van der Waals surface area contributed by atoms with Crippen LogP contribution < -0.4 is 5.32 Å². The van der Waals surface area contributed by atoms with Gasteiger partial charge >= 0.3 is 0 Å². The maximum Gasteiger partial charge on any atom is 0.0991 e. The summed E-state index contributed by atoms with van der Waals surface area (Å²) in [6.07, 6.45) is 4.88. The normalized spacial score (nSPS) is 16.4. The summed E-state index contributed by atoms with van der Waals surface area (Å²) in [6, 6.07) is 10.8. The fraction of sp³-hybridized carbons (Fsp3) is 0.438. The Labute approximate surface area is 113 Å². The number of aromatic nitrogens is 1. The third-order valence-electron chi connectivity index (χ3n) is 4.05. The number of rotatable bonds is 5. The maximum absolute atomic E-state index is 8.90. The van der Waals surface area contributed by atoms with Crippen LogP contribution in [0.15, 0.2) is 30.5 Å². The fourth-order valence-electron chi connectivity index (χ4n) is 2.64. The van der Waals surface area contributed by atoms with Crippen LogP contribution in [-0.2, 0) is 6.54 Å². The Hall–Kier alpha value is -1.79. The molecule has 98 valence electrons. The van der Waals surface area contributed by atoms with Crippen molar-refractivity contribution in [1.29, 1.82) is 5.26 Å². The maximum atomic E-state index is 8.90. The molecule has 1 unspecified atom stereocenters. The first-order valence-electron chi connectivity index (χ1n) is 7.00. The van der Waals surface area contributed by atoms with Gasteiger partial charge in [0.1, 0.15) is 0 Å². The zero-order valence-corrected chi connectivity index (χ0v) is 11.3. The lowest BCUT2D eigenvalue weighted by Gasteiger charge is -2.13. The first kappa shape index (κ1) is 12.3. The Morgan fingerprint density at radius 3 is 3.00 bits per heavy atom. The van der Waals surface area contributed by atoms with Gasteiger partial charge in [0.25, 0.3) is 0 Å². The van der Waals surface area contributed by atoms with E-state index in [1.807, 2.05) is 18.2 Å². The lowest BCUT2D eigenvalue weighted by molar-refractivity contribution is 0.478. The largest absolute Gasteiger partial charge is 0.346 e. The molecule has 3 heteroatoms. The van der Waals surface area contributed by atoms with E-state index in [-0.39, 0.29) is 0 Å². The van der Waals surface area contributed by atoms with Gasteiger partial charge in [-0.05, 0) is 49.9 Å². The predicted molar refractivity (Wildman–Crippen MR) is 76.8 cm³/mol. The minimum Gasteiger partial charge on any atom is -0.346 e. The standard InChI is InChI=1S/C16H19N3/c1-12(14-3-4-14)18-7-9-19-8-6-15-10-13(11-17)2-5-16(15)19/h2,5-6,8,10,12,14,18H,3-4,7,9H2,1H3. The van der Waals surface area contributed by atoms with E-state index in [2.05, 4.69) is 35.1 Å². The van der Waals surface area contributed by atoms with Crippen LogP contribution in [0.3, 0.4) is 0 Å². The molecule has 0 saturated heterocycles. The van der Waals surface area contributed by atoms with Crippen LogP contribution in [0.1, 0.15) is 25.3 Å². The highest BCUT2D eigenvalue weighted by atomic mass is 15.0. The van der Waals surface area contributed by atoms with Crippen molar-refractivity contribution in [3.8, 4) is 6.07 Å². The van der Waals surface area contributed by atoms with Crippen molar-refractivity contribution in [3.05, 3.63) is 36.0 Å². The van der Waals surface area contributed by atoms with Gasteiger partial charge in [-0.2, -0.15) is 5.26 Å². The van der Waals surface area contributed by atoms with Gasteiger partial charge in [-0.3, -0.25) is 0 Å². The molecule has 1 atom stereocenters. The van der Waals surface area contributed by atoms with Gasteiger partial charge in [0.05, 0.1) is 11.6 Å². The van der Waals surface area contributed by atoms with Crippen LogP contribution in [0, 0.1) is 17.2 Å². The molecule has 1 aromatic heterocycles. The second-order valence-electron chi connectivity index (χ2n) is 5.47. The van der Waals surface area contributed by atoms with Crippen molar-refractivity contribution in [1.82, 2.24) is 9.88 Å². The van der Waals surface area contributed by atoms with Crippen LogP contribution in [0.25, 0.3) is 10.9 Å². The molecule has 1 fully saturated rings. The zero-order valence-electron chi connectivity index (χ0n) is 11.3. The minimum absolute atomic E-state index is 0.645. The van der Waals surface area contributed by atoms with E-state index in [1.54, 1.807) is 0 Å². The molecule has 1 saturated carbocycles. The highest BCUT2D eigenvalue weighted by Gasteiger charge is 2.27. The van der Waals surface area contributed by atoms with Crippen molar-refractivity contribution >= 4 is 10.9 Å². The molecular formula is C16H19N3. The van der Waals surface area contributed by atoms with Gasteiger partial charge in [-0.15, -0.1) is 0 Å². The van der Waals surface area contributed by atoms with Crippen molar-refractivity contribution in [2.45, 2.75) is 32.4 Å². The molecule has 3 nitrogen and oxygen atoms in total. The summed E-state index contributed by atoms with van der Waals surface area (Å²) in [5, 5.41) is 13.6. The summed E-state index contributed by atoms with van der Waals surface area (Å²) in [4.78, 5) is 0. The minimum atomic E-state index is 0.645. The number of fused-ring (bicyclic) bond motifs is 1. The summed E-state index contributed by atoms with van der Waals surface area (Å²) in [6.45, 7) is 4.26. The van der Waals surface area contributed by atoms with E-state index < -0.39 is 0 Å². The van der Waals surface area contributed by atoms with E-state index in [9.17, 15) is 0 Å². The Kier molecular flexibility index (Phi) is 3.27.